The molecular weight excluding hydrogens is 610 g/mol. The number of nitrogens with one attached hydrogen (secondary N) is 2. The van der Waals surface area contributed by atoms with Crippen LogP contribution in [0.5, 0.6) is 0 Å². The molecule has 0 aliphatic carbocycles. The molecule has 2 heterocycles. The number of unbranched alkanes of at least 4 members (excludes halogenated alkanes) is 1. The smallest absolute Gasteiger partial charge is 0.410 e. The Kier molecular flexibility index (Phi) is 11.3. The van der Waals surface area contributed by atoms with Gasteiger partial charge in [0.25, 0.3) is 0 Å². The van der Waals surface area contributed by atoms with E-state index < -0.39 is 5.60 Å². The van der Waals surface area contributed by atoms with Crippen LogP contribution in [0.3, 0.4) is 0 Å². The highest BCUT2D eigenvalue weighted by atomic mass is 35.5. The van der Waals surface area contributed by atoms with E-state index >= 15 is 0 Å². The van der Waals surface area contributed by atoms with Crippen LogP contribution in [0.1, 0.15) is 50.3 Å². The fourth-order valence-electron chi connectivity index (χ4n) is 5.62. The van der Waals surface area contributed by atoms with E-state index in [4.69, 9.17) is 21.3 Å². The van der Waals surface area contributed by atoms with Gasteiger partial charge in [-0.05, 0) is 87.5 Å². The molecule has 0 unspecified atom stereocenters. The maximum atomic E-state index is 13.2. The van der Waals surface area contributed by atoms with E-state index in [0.717, 1.165) is 82.2 Å². The summed E-state index contributed by atoms with van der Waals surface area (Å²) in [5, 5.41) is 20.6. The number of anilines is 1. The first-order chi connectivity index (χ1) is 22.6. The van der Waals surface area contributed by atoms with E-state index in [1.165, 1.54) is 5.56 Å². The van der Waals surface area contributed by atoms with Crippen molar-refractivity contribution >= 4 is 45.2 Å². The van der Waals surface area contributed by atoms with Crippen LogP contribution in [0.2, 0.25) is 5.02 Å². The van der Waals surface area contributed by atoms with Gasteiger partial charge in [0, 0.05) is 65.3 Å². The van der Waals surface area contributed by atoms with Gasteiger partial charge in [-0.25, -0.2) is 9.78 Å². The Morgan fingerprint density at radius 1 is 0.936 bits per heavy atom. The average Bonchev–Trinajstić information content (AvgIpc) is 3.04. The minimum atomic E-state index is -0.597. The molecule has 0 aliphatic heterocycles. The number of fused-ring (bicyclic) bond motifs is 3. The van der Waals surface area contributed by atoms with Gasteiger partial charge in [0.15, 0.2) is 0 Å². The maximum Gasteiger partial charge on any atom is 0.410 e. The standard InChI is InChI=1S/C38H44ClN5O3/c1-26-11-13-31-33-23-41-17-15-32(33)36(43-35(31)21-26)42-19-18-40-16-7-8-20-44(37(46)47-38(2,3)4)24-27-12-14-30(34(39)22-27)29-10-6-5-9-28(29)25-45/h5-6,9-15,17,21-23,40,45H,7-8,16,18-20,24-25H2,1-4H3,(H,42,43). The highest BCUT2D eigenvalue weighted by Crippen LogP contribution is 2.32. The number of carbonyl (C=O) groups excluding carboxylic acids is 1. The number of nitrogens with zero attached hydrogens (tertiary/aromatic N) is 3. The van der Waals surface area contributed by atoms with E-state index in [9.17, 15) is 9.90 Å². The Morgan fingerprint density at radius 3 is 2.55 bits per heavy atom. The molecule has 47 heavy (non-hydrogen) atoms. The number of ether oxygens (including phenoxy) is 1. The fourth-order valence-corrected chi connectivity index (χ4v) is 5.92. The number of benzene rings is 3. The summed E-state index contributed by atoms with van der Waals surface area (Å²) in [7, 11) is 0. The van der Waals surface area contributed by atoms with Gasteiger partial charge >= 0.3 is 6.09 Å². The van der Waals surface area contributed by atoms with E-state index in [1.807, 2.05) is 75.5 Å². The lowest BCUT2D eigenvalue weighted by molar-refractivity contribution is 0.0230. The first-order valence-electron chi connectivity index (χ1n) is 16.2. The highest BCUT2D eigenvalue weighted by molar-refractivity contribution is 6.33. The third-order valence-corrected chi connectivity index (χ3v) is 8.23. The van der Waals surface area contributed by atoms with Crippen molar-refractivity contribution in [2.45, 2.75) is 59.3 Å². The second-order valence-corrected chi connectivity index (χ2v) is 13.2. The predicted octanol–water partition coefficient (Wildman–Crippen LogP) is 8.12. The van der Waals surface area contributed by atoms with Gasteiger partial charge in [-0.15, -0.1) is 0 Å². The minimum absolute atomic E-state index is 0.0669. The zero-order valence-electron chi connectivity index (χ0n) is 27.6. The molecule has 5 rings (SSSR count). The summed E-state index contributed by atoms with van der Waals surface area (Å²) in [5.74, 6) is 0.862. The van der Waals surface area contributed by atoms with Crippen LogP contribution in [-0.2, 0) is 17.9 Å². The largest absolute Gasteiger partial charge is 0.444 e. The van der Waals surface area contributed by atoms with Gasteiger partial charge in [-0.1, -0.05) is 60.1 Å². The highest BCUT2D eigenvalue weighted by Gasteiger charge is 2.22. The zero-order chi connectivity index (χ0) is 33.4. The number of rotatable bonds is 13. The van der Waals surface area contributed by atoms with Crippen molar-refractivity contribution in [3.8, 4) is 11.1 Å². The van der Waals surface area contributed by atoms with Crippen molar-refractivity contribution in [3.63, 3.8) is 0 Å². The molecule has 0 fully saturated rings. The molecule has 2 aromatic heterocycles. The summed E-state index contributed by atoms with van der Waals surface area (Å²) < 4.78 is 5.73. The lowest BCUT2D eigenvalue weighted by Gasteiger charge is -2.28. The molecule has 3 N–H and O–H groups in total. The van der Waals surface area contributed by atoms with Crippen LogP contribution in [0.15, 0.2) is 79.1 Å². The quantitative estimate of drug-likeness (QED) is 0.0872. The second kappa shape index (κ2) is 15.6. The number of amides is 1. The Morgan fingerprint density at radius 2 is 1.77 bits per heavy atom. The van der Waals surface area contributed by atoms with Crippen molar-refractivity contribution in [2.24, 2.45) is 0 Å². The van der Waals surface area contributed by atoms with Gasteiger partial charge in [0.2, 0.25) is 0 Å². The van der Waals surface area contributed by atoms with Crippen LogP contribution in [0.4, 0.5) is 10.6 Å². The third kappa shape index (κ3) is 8.98. The lowest BCUT2D eigenvalue weighted by atomic mass is 9.99. The van der Waals surface area contributed by atoms with Gasteiger partial charge in [-0.3, -0.25) is 4.98 Å². The number of aromatic nitrogens is 2. The first-order valence-corrected chi connectivity index (χ1v) is 16.5. The molecule has 0 atom stereocenters. The minimum Gasteiger partial charge on any atom is -0.444 e. The second-order valence-electron chi connectivity index (χ2n) is 12.8. The summed E-state index contributed by atoms with van der Waals surface area (Å²) in [6, 6.07) is 21.8. The predicted molar refractivity (Wildman–Crippen MR) is 192 cm³/mol. The van der Waals surface area contributed by atoms with Crippen LogP contribution < -0.4 is 10.6 Å². The molecule has 0 spiro atoms. The molecule has 5 aromatic rings. The Bertz CT molecular complexity index is 1840. The molecule has 0 radical (unpaired) electrons. The third-order valence-electron chi connectivity index (χ3n) is 7.91. The molecule has 0 saturated heterocycles. The summed E-state index contributed by atoms with van der Waals surface area (Å²) >= 11 is 6.71. The Labute approximate surface area is 282 Å². The van der Waals surface area contributed by atoms with Crippen LogP contribution in [0, 0.1) is 6.92 Å². The van der Waals surface area contributed by atoms with Crippen molar-refractivity contribution < 1.29 is 14.6 Å². The van der Waals surface area contributed by atoms with E-state index in [2.05, 4.69) is 40.7 Å². The summed E-state index contributed by atoms with van der Waals surface area (Å²) in [6.07, 6.45) is 5.08. The SMILES string of the molecule is Cc1ccc2c(c1)nc(NCCNCCCCN(Cc1ccc(-c3ccccc3CO)c(Cl)c1)C(=O)OC(C)(C)C)c1ccncc12. The summed E-state index contributed by atoms with van der Waals surface area (Å²) in [4.78, 5) is 24.2. The van der Waals surface area contributed by atoms with E-state index in [-0.39, 0.29) is 12.7 Å². The van der Waals surface area contributed by atoms with Gasteiger partial charge in [0.05, 0.1) is 12.1 Å². The average molecular weight is 654 g/mol. The number of aliphatic hydroxyl groups is 1. The number of aryl methyl sites for hydroxylation is 1. The number of aliphatic hydroxyl groups excluding tert-OH is 1. The molecule has 3 aromatic carbocycles. The van der Waals surface area contributed by atoms with Crippen molar-refractivity contribution in [2.75, 3.05) is 31.5 Å². The van der Waals surface area contributed by atoms with Crippen molar-refractivity contribution in [3.05, 3.63) is 101 Å². The van der Waals surface area contributed by atoms with E-state index in [1.54, 1.807) is 11.1 Å². The number of pyridine rings is 2. The number of hydrogen-bond donors (Lipinski definition) is 3. The number of halogens is 1. The molecule has 8 nitrogen and oxygen atoms in total. The van der Waals surface area contributed by atoms with Crippen molar-refractivity contribution in [1.82, 2.24) is 20.2 Å². The lowest BCUT2D eigenvalue weighted by Crippen LogP contribution is -2.37. The number of carbonyl (C=O) groups is 1. The normalized spacial score (nSPS) is 11.6. The molecule has 1 amide bonds. The maximum absolute atomic E-state index is 13.2. The van der Waals surface area contributed by atoms with Crippen molar-refractivity contribution in [1.29, 1.82) is 0 Å². The van der Waals surface area contributed by atoms with Gasteiger partial charge in [-0.2, -0.15) is 0 Å². The van der Waals surface area contributed by atoms with Crippen LogP contribution in [-0.4, -0.2) is 57.8 Å². The monoisotopic (exact) mass is 653 g/mol. The molecule has 0 aliphatic rings. The van der Waals surface area contributed by atoms with Gasteiger partial charge < -0.3 is 25.4 Å². The van der Waals surface area contributed by atoms with Gasteiger partial charge in [0.1, 0.15) is 11.4 Å². The van der Waals surface area contributed by atoms with Crippen LogP contribution >= 0.6 is 11.6 Å². The number of hydrogen-bond acceptors (Lipinski definition) is 7. The summed E-state index contributed by atoms with van der Waals surface area (Å²) in [6.45, 7) is 10.9. The van der Waals surface area contributed by atoms with Crippen LogP contribution in [0.25, 0.3) is 32.8 Å². The topological polar surface area (TPSA) is 99.6 Å². The summed E-state index contributed by atoms with van der Waals surface area (Å²) in [5.41, 5.74) is 5.01. The van der Waals surface area contributed by atoms with E-state index in [0.29, 0.717) is 18.1 Å². The Hall–Kier alpha value is -4.24. The molecule has 246 valence electrons. The molecule has 9 heteroatoms. The first kappa shape index (κ1) is 34.1. The molecular formula is C38H44ClN5O3. The Balaban J connectivity index is 1.14. The molecule has 0 saturated carbocycles. The fraction of sp³-hybridized carbons (Fsp3) is 0.342. The zero-order valence-corrected chi connectivity index (χ0v) is 28.4. The molecule has 0 bridgehead atoms.